The van der Waals surface area contributed by atoms with Gasteiger partial charge in [-0.15, -0.1) is 0 Å². The lowest BCUT2D eigenvalue weighted by molar-refractivity contribution is 0.0705. The van der Waals surface area contributed by atoms with Crippen molar-refractivity contribution < 1.29 is 4.79 Å². The molecule has 142 valence electrons. The van der Waals surface area contributed by atoms with Gasteiger partial charge in [-0.2, -0.15) is 0 Å². The van der Waals surface area contributed by atoms with Crippen molar-refractivity contribution in [2.45, 2.75) is 25.2 Å². The maximum Gasteiger partial charge on any atom is 0.255 e. The third kappa shape index (κ3) is 4.23. The molecule has 0 aliphatic carbocycles. The molecule has 1 aromatic carbocycles. The van der Waals surface area contributed by atoms with Crippen molar-refractivity contribution in [3.8, 4) is 0 Å². The molecule has 2 aromatic heterocycles. The highest BCUT2D eigenvalue weighted by atomic mass is 35.5. The molecular formula is C23H22ClN3O. The van der Waals surface area contributed by atoms with Gasteiger partial charge in [-0.3, -0.25) is 14.8 Å². The summed E-state index contributed by atoms with van der Waals surface area (Å²) < 4.78 is 0. The molecule has 0 spiro atoms. The fraction of sp³-hybridized carbons (Fsp3) is 0.261. The highest BCUT2D eigenvalue weighted by Crippen LogP contribution is 2.27. The van der Waals surface area contributed by atoms with Crippen LogP contribution in [0.4, 0.5) is 0 Å². The third-order valence-electron chi connectivity index (χ3n) is 5.19. The molecule has 1 amide bonds. The first kappa shape index (κ1) is 18.6. The van der Waals surface area contributed by atoms with Crippen LogP contribution >= 0.6 is 11.6 Å². The molecule has 1 saturated heterocycles. The Kier molecular flexibility index (Phi) is 5.68. The van der Waals surface area contributed by atoms with Crippen molar-refractivity contribution in [2.24, 2.45) is 0 Å². The first-order valence-electron chi connectivity index (χ1n) is 9.59. The fourth-order valence-corrected chi connectivity index (χ4v) is 3.94. The van der Waals surface area contributed by atoms with E-state index in [-0.39, 0.29) is 11.8 Å². The number of amides is 1. The molecule has 1 fully saturated rings. The minimum absolute atomic E-state index is 0.0463. The van der Waals surface area contributed by atoms with Crippen LogP contribution in [0, 0.1) is 0 Å². The van der Waals surface area contributed by atoms with Crippen molar-refractivity contribution >= 4 is 17.5 Å². The molecule has 0 radical (unpaired) electrons. The molecule has 3 aromatic rings. The Balaban J connectivity index is 1.49. The Bertz CT molecular complexity index is 961. The van der Waals surface area contributed by atoms with Gasteiger partial charge in [0.15, 0.2) is 0 Å². The second kappa shape index (κ2) is 8.53. The van der Waals surface area contributed by atoms with E-state index in [1.807, 2.05) is 41.3 Å². The third-order valence-corrected chi connectivity index (χ3v) is 5.56. The smallest absolute Gasteiger partial charge is 0.255 e. The molecule has 0 N–H and O–H groups in total. The summed E-state index contributed by atoms with van der Waals surface area (Å²) in [6.45, 7) is 1.47. The Labute approximate surface area is 170 Å². The monoisotopic (exact) mass is 391 g/mol. The van der Waals surface area contributed by atoms with E-state index in [4.69, 9.17) is 16.6 Å². The molecule has 28 heavy (non-hydrogen) atoms. The standard InChI is InChI=1S/C23H22ClN3O/c24-21-10-2-1-6-17(21)14-20-9-3-11-22(26-20)19-8-5-13-27(16-19)23(28)18-7-4-12-25-15-18/h1-4,6-7,9-12,15,19H,5,8,13-14,16H2. The zero-order valence-electron chi connectivity index (χ0n) is 15.6. The van der Waals surface area contributed by atoms with E-state index in [1.165, 1.54) is 0 Å². The summed E-state index contributed by atoms with van der Waals surface area (Å²) in [7, 11) is 0. The fourth-order valence-electron chi connectivity index (χ4n) is 3.74. The minimum Gasteiger partial charge on any atom is -0.338 e. The number of benzene rings is 1. The molecule has 4 rings (SSSR count). The number of likely N-dealkylation sites (tertiary alicyclic amines) is 1. The Morgan fingerprint density at radius 3 is 2.82 bits per heavy atom. The van der Waals surface area contributed by atoms with Gasteiger partial charge in [0.1, 0.15) is 0 Å². The number of hydrogen-bond acceptors (Lipinski definition) is 3. The summed E-state index contributed by atoms with van der Waals surface area (Å²) in [6.07, 6.45) is 6.05. The van der Waals surface area contributed by atoms with Gasteiger partial charge in [0.05, 0.1) is 5.56 Å². The van der Waals surface area contributed by atoms with Gasteiger partial charge in [-0.05, 0) is 48.7 Å². The number of piperidine rings is 1. The molecule has 5 heteroatoms. The van der Waals surface area contributed by atoms with Crippen molar-refractivity contribution in [3.63, 3.8) is 0 Å². The predicted octanol–water partition coefficient (Wildman–Crippen LogP) is 4.74. The summed E-state index contributed by atoms with van der Waals surface area (Å²) >= 11 is 6.30. The number of hydrogen-bond donors (Lipinski definition) is 0. The normalized spacial score (nSPS) is 16.8. The summed E-state index contributed by atoms with van der Waals surface area (Å²) in [6, 6.07) is 17.6. The highest BCUT2D eigenvalue weighted by Gasteiger charge is 2.26. The summed E-state index contributed by atoms with van der Waals surface area (Å²) in [5.74, 6) is 0.297. The van der Waals surface area contributed by atoms with E-state index in [0.717, 1.165) is 41.4 Å². The van der Waals surface area contributed by atoms with Crippen LogP contribution in [-0.2, 0) is 6.42 Å². The zero-order valence-corrected chi connectivity index (χ0v) is 16.3. The number of nitrogens with zero attached hydrogens (tertiary/aromatic N) is 3. The summed E-state index contributed by atoms with van der Waals surface area (Å²) in [5.41, 5.74) is 3.77. The molecule has 1 aliphatic heterocycles. The minimum atomic E-state index is 0.0463. The second-order valence-corrected chi connectivity index (χ2v) is 7.56. The van der Waals surface area contributed by atoms with Gasteiger partial charge in [0.2, 0.25) is 0 Å². The average molecular weight is 392 g/mol. The van der Waals surface area contributed by atoms with Gasteiger partial charge in [-0.25, -0.2) is 0 Å². The van der Waals surface area contributed by atoms with Crippen LogP contribution in [-0.4, -0.2) is 33.9 Å². The maximum atomic E-state index is 12.8. The zero-order chi connectivity index (χ0) is 19.3. The number of carbonyl (C=O) groups is 1. The first-order chi connectivity index (χ1) is 13.7. The molecule has 1 atom stereocenters. The van der Waals surface area contributed by atoms with E-state index in [0.29, 0.717) is 18.5 Å². The SMILES string of the molecule is O=C(c1cccnc1)N1CCCC(c2cccc(Cc3ccccc3Cl)n2)C1. The number of carbonyl (C=O) groups excluding carboxylic acids is 1. The van der Waals surface area contributed by atoms with Crippen LogP contribution < -0.4 is 0 Å². The van der Waals surface area contributed by atoms with E-state index >= 15 is 0 Å². The predicted molar refractivity (Wildman–Crippen MR) is 111 cm³/mol. The Morgan fingerprint density at radius 1 is 1.11 bits per heavy atom. The lowest BCUT2D eigenvalue weighted by Gasteiger charge is -2.32. The molecule has 1 aliphatic rings. The molecule has 0 bridgehead atoms. The molecule has 4 nitrogen and oxygen atoms in total. The molecule has 1 unspecified atom stereocenters. The van der Waals surface area contributed by atoms with Crippen molar-refractivity contribution in [3.05, 3.63) is 94.5 Å². The van der Waals surface area contributed by atoms with E-state index < -0.39 is 0 Å². The van der Waals surface area contributed by atoms with Gasteiger partial charge in [0.25, 0.3) is 5.91 Å². The number of aromatic nitrogens is 2. The van der Waals surface area contributed by atoms with Crippen molar-refractivity contribution in [1.29, 1.82) is 0 Å². The Hall–Kier alpha value is -2.72. The van der Waals surface area contributed by atoms with Gasteiger partial charge >= 0.3 is 0 Å². The van der Waals surface area contributed by atoms with E-state index in [9.17, 15) is 4.79 Å². The van der Waals surface area contributed by atoms with Crippen LogP contribution in [0.15, 0.2) is 67.0 Å². The summed E-state index contributed by atoms with van der Waals surface area (Å²) in [4.78, 5) is 23.7. The second-order valence-electron chi connectivity index (χ2n) is 7.15. The van der Waals surface area contributed by atoms with Crippen LogP contribution in [0.5, 0.6) is 0 Å². The number of rotatable bonds is 4. The van der Waals surface area contributed by atoms with Crippen LogP contribution in [0.2, 0.25) is 5.02 Å². The lowest BCUT2D eigenvalue weighted by Crippen LogP contribution is -2.39. The van der Waals surface area contributed by atoms with E-state index in [2.05, 4.69) is 17.1 Å². The average Bonchev–Trinajstić information content (AvgIpc) is 2.76. The van der Waals surface area contributed by atoms with Gasteiger partial charge in [0, 0.05) is 54.2 Å². The van der Waals surface area contributed by atoms with Crippen LogP contribution in [0.1, 0.15) is 46.1 Å². The Morgan fingerprint density at radius 2 is 2.00 bits per heavy atom. The molecular weight excluding hydrogens is 370 g/mol. The van der Waals surface area contributed by atoms with Crippen molar-refractivity contribution in [1.82, 2.24) is 14.9 Å². The van der Waals surface area contributed by atoms with Crippen LogP contribution in [0.25, 0.3) is 0 Å². The largest absolute Gasteiger partial charge is 0.338 e. The molecule has 0 saturated carbocycles. The van der Waals surface area contributed by atoms with Crippen molar-refractivity contribution in [2.75, 3.05) is 13.1 Å². The van der Waals surface area contributed by atoms with E-state index in [1.54, 1.807) is 18.5 Å². The topological polar surface area (TPSA) is 46.1 Å². The molecule has 3 heterocycles. The lowest BCUT2D eigenvalue weighted by atomic mass is 9.93. The van der Waals surface area contributed by atoms with Gasteiger partial charge in [-0.1, -0.05) is 35.9 Å². The number of pyridine rings is 2. The van der Waals surface area contributed by atoms with Crippen LogP contribution in [0.3, 0.4) is 0 Å². The van der Waals surface area contributed by atoms with Gasteiger partial charge < -0.3 is 4.90 Å². The quantitative estimate of drug-likeness (QED) is 0.645. The maximum absolute atomic E-state index is 12.8. The summed E-state index contributed by atoms with van der Waals surface area (Å²) in [5, 5.41) is 0.764. The first-order valence-corrected chi connectivity index (χ1v) is 9.97. The number of halogens is 1. The highest BCUT2D eigenvalue weighted by molar-refractivity contribution is 6.31.